The number of carbonyl (C=O) groups is 2. The van der Waals surface area contributed by atoms with Gasteiger partial charge in [0, 0.05) is 0 Å². The van der Waals surface area contributed by atoms with E-state index in [2.05, 4.69) is 15.8 Å². The Kier molecular flexibility index (Phi) is 3.04. The van der Waals surface area contributed by atoms with Gasteiger partial charge in [-0.15, -0.1) is 0 Å². The van der Waals surface area contributed by atoms with Crippen molar-refractivity contribution in [1.82, 2.24) is 0 Å². The van der Waals surface area contributed by atoms with Crippen LogP contribution in [0.3, 0.4) is 0 Å². The molecular formula is C11H11N3O3. The van der Waals surface area contributed by atoms with Crippen LogP contribution in [0.1, 0.15) is 6.92 Å². The summed E-state index contributed by atoms with van der Waals surface area (Å²) in [6, 6.07) is 7.02. The van der Waals surface area contributed by atoms with Crippen molar-refractivity contribution >= 4 is 29.0 Å². The second kappa shape index (κ2) is 4.65. The minimum Gasteiger partial charge on any atom is -0.461 e. The molecule has 0 aromatic heterocycles. The maximum Gasteiger partial charge on any atom is 0.364 e. The summed E-state index contributed by atoms with van der Waals surface area (Å²) < 4.78 is 4.74. The van der Waals surface area contributed by atoms with Crippen LogP contribution >= 0.6 is 0 Å². The predicted octanol–water partition coefficient (Wildman–Crippen LogP) is 0.970. The highest BCUT2D eigenvalue weighted by Gasteiger charge is 2.25. The maximum atomic E-state index is 11.7. The topological polar surface area (TPSA) is 79.8 Å². The fourth-order valence-corrected chi connectivity index (χ4v) is 1.38. The zero-order valence-corrected chi connectivity index (χ0v) is 9.19. The quantitative estimate of drug-likeness (QED) is 0.746. The van der Waals surface area contributed by atoms with Crippen LogP contribution in [-0.4, -0.2) is 24.2 Å². The minimum absolute atomic E-state index is 0.193. The molecule has 0 saturated heterocycles. The molecule has 1 aliphatic heterocycles. The standard InChI is InChI=1S/C11H11N3O3/c1-2-17-11(16)9-10(15)12-7-5-3-4-6-8(7)13-14-9/h3-6,13H,2H2,1H3,(H,12,15). The number of nitrogens with one attached hydrogen (secondary N) is 2. The van der Waals surface area contributed by atoms with Gasteiger partial charge in [0.25, 0.3) is 5.91 Å². The van der Waals surface area contributed by atoms with Crippen LogP contribution in [-0.2, 0) is 14.3 Å². The molecule has 2 N–H and O–H groups in total. The molecule has 2 rings (SSSR count). The van der Waals surface area contributed by atoms with Crippen molar-refractivity contribution in [2.24, 2.45) is 5.10 Å². The number of ether oxygens (including phenoxy) is 1. The number of rotatable bonds is 2. The van der Waals surface area contributed by atoms with Crippen molar-refractivity contribution in [1.29, 1.82) is 0 Å². The smallest absolute Gasteiger partial charge is 0.364 e. The average molecular weight is 233 g/mol. The number of hydrazone groups is 1. The Hall–Kier alpha value is -2.37. The van der Waals surface area contributed by atoms with Crippen molar-refractivity contribution in [3.63, 3.8) is 0 Å². The minimum atomic E-state index is -0.745. The van der Waals surface area contributed by atoms with Gasteiger partial charge in [-0.25, -0.2) is 4.79 Å². The Morgan fingerprint density at radius 2 is 2.06 bits per heavy atom. The largest absolute Gasteiger partial charge is 0.461 e. The van der Waals surface area contributed by atoms with E-state index < -0.39 is 11.9 Å². The third kappa shape index (κ3) is 2.25. The molecular weight excluding hydrogens is 222 g/mol. The van der Waals surface area contributed by atoms with Gasteiger partial charge in [0.1, 0.15) is 0 Å². The van der Waals surface area contributed by atoms with E-state index in [4.69, 9.17) is 4.74 Å². The fourth-order valence-electron chi connectivity index (χ4n) is 1.38. The lowest BCUT2D eigenvalue weighted by molar-refractivity contribution is -0.135. The molecule has 6 heteroatoms. The fraction of sp³-hybridized carbons (Fsp3) is 0.182. The average Bonchev–Trinajstić information content (AvgIpc) is 2.47. The number of hydrogen-bond acceptors (Lipinski definition) is 5. The second-order valence-corrected chi connectivity index (χ2v) is 3.29. The number of amides is 1. The Labute approximate surface area is 97.7 Å². The summed E-state index contributed by atoms with van der Waals surface area (Å²) in [4.78, 5) is 23.2. The number of nitrogens with zero attached hydrogens (tertiary/aromatic N) is 1. The first kappa shape index (κ1) is 11.1. The number of benzene rings is 1. The van der Waals surface area contributed by atoms with E-state index in [1.807, 2.05) is 0 Å². The van der Waals surface area contributed by atoms with E-state index in [1.54, 1.807) is 31.2 Å². The molecule has 17 heavy (non-hydrogen) atoms. The van der Waals surface area contributed by atoms with Crippen LogP contribution in [0.15, 0.2) is 29.4 Å². The van der Waals surface area contributed by atoms with Crippen LogP contribution in [0.4, 0.5) is 11.4 Å². The normalized spacial score (nSPS) is 13.7. The lowest BCUT2D eigenvalue weighted by Gasteiger charge is -2.04. The maximum absolute atomic E-state index is 11.7. The van der Waals surface area contributed by atoms with Crippen molar-refractivity contribution in [3.05, 3.63) is 24.3 Å². The first-order chi connectivity index (χ1) is 8.22. The third-order valence-electron chi connectivity index (χ3n) is 2.15. The summed E-state index contributed by atoms with van der Waals surface area (Å²) in [5.41, 5.74) is 3.55. The number of anilines is 2. The highest BCUT2D eigenvalue weighted by molar-refractivity contribution is 6.66. The second-order valence-electron chi connectivity index (χ2n) is 3.29. The lowest BCUT2D eigenvalue weighted by Crippen LogP contribution is -2.31. The van der Waals surface area contributed by atoms with Crippen molar-refractivity contribution < 1.29 is 14.3 Å². The van der Waals surface area contributed by atoms with E-state index in [0.717, 1.165) is 0 Å². The van der Waals surface area contributed by atoms with Gasteiger partial charge in [-0.05, 0) is 19.1 Å². The van der Waals surface area contributed by atoms with Crippen molar-refractivity contribution in [3.8, 4) is 0 Å². The summed E-state index contributed by atoms with van der Waals surface area (Å²) in [6.45, 7) is 1.85. The molecule has 1 aromatic rings. The zero-order chi connectivity index (χ0) is 12.3. The summed E-state index contributed by atoms with van der Waals surface area (Å²) in [5, 5.41) is 6.32. The molecule has 0 atom stereocenters. The molecule has 0 fully saturated rings. The van der Waals surface area contributed by atoms with E-state index in [-0.39, 0.29) is 12.3 Å². The van der Waals surface area contributed by atoms with Crippen LogP contribution in [0.2, 0.25) is 0 Å². The SMILES string of the molecule is CCOC(=O)C1=NNc2ccccc2NC1=O. The molecule has 1 aromatic carbocycles. The molecule has 6 nitrogen and oxygen atoms in total. The summed E-state index contributed by atoms with van der Waals surface area (Å²) in [5.74, 6) is -1.33. The summed E-state index contributed by atoms with van der Waals surface area (Å²) >= 11 is 0. The molecule has 0 saturated carbocycles. The van der Waals surface area contributed by atoms with Crippen LogP contribution < -0.4 is 10.7 Å². The predicted molar refractivity (Wildman–Crippen MR) is 62.8 cm³/mol. The number of fused-ring (bicyclic) bond motifs is 1. The highest BCUT2D eigenvalue weighted by Crippen LogP contribution is 2.22. The molecule has 0 unspecified atom stereocenters. The van der Waals surface area contributed by atoms with Gasteiger partial charge in [0.2, 0.25) is 5.71 Å². The van der Waals surface area contributed by atoms with Gasteiger partial charge >= 0.3 is 5.97 Å². The van der Waals surface area contributed by atoms with Gasteiger partial charge in [0.05, 0.1) is 18.0 Å². The van der Waals surface area contributed by atoms with Crippen LogP contribution in [0.5, 0.6) is 0 Å². The Bertz CT molecular complexity index is 496. The number of hydrogen-bond donors (Lipinski definition) is 2. The van der Waals surface area contributed by atoms with Gasteiger partial charge in [-0.1, -0.05) is 12.1 Å². The van der Waals surface area contributed by atoms with Crippen LogP contribution in [0, 0.1) is 0 Å². The Morgan fingerprint density at radius 1 is 1.35 bits per heavy atom. The Morgan fingerprint density at radius 3 is 2.76 bits per heavy atom. The first-order valence-electron chi connectivity index (χ1n) is 5.13. The van der Waals surface area contributed by atoms with Gasteiger partial charge < -0.3 is 10.1 Å². The van der Waals surface area contributed by atoms with E-state index in [0.29, 0.717) is 11.4 Å². The van der Waals surface area contributed by atoms with Crippen LogP contribution in [0.25, 0.3) is 0 Å². The molecule has 0 bridgehead atoms. The summed E-state index contributed by atoms with van der Waals surface area (Å²) in [6.07, 6.45) is 0. The molecule has 0 aliphatic carbocycles. The zero-order valence-electron chi connectivity index (χ0n) is 9.19. The van der Waals surface area contributed by atoms with E-state index >= 15 is 0 Å². The molecule has 1 heterocycles. The van der Waals surface area contributed by atoms with Gasteiger partial charge in [-0.2, -0.15) is 5.10 Å². The first-order valence-corrected chi connectivity index (χ1v) is 5.13. The number of para-hydroxylation sites is 2. The Balaban J connectivity index is 2.27. The van der Waals surface area contributed by atoms with Gasteiger partial charge in [-0.3, -0.25) is 10.2 Å². The summed E-state index contributed by atoms with van der Waals surface area (Å²) in [7, 11) is 0. The van der Waals surface area contributed by atoms with Crippen molar-refractivity contribution in [2.45, 2.75) is 6.92 Å². The molecule has 0 spiro atoms. The van der Waals surface area contributed by atoms with E-state index in [9.17, 15) is 9.59 Å². The monoisotopic (exact) mass is 233 g/mol. The molecule has 0 radical (unpaired) electrons. The van der Waals surface area contributed by atoms with E-state index in [1.165, 1.54) is 0 Å². The lowest BCUT2D eigenvalue weighted by atomic mass is 10.2. The molecule has 1 amide bonds. The molecule has 88 valence electrons. The third-order valence-corrected chi connectivity index (χ3v) is 2.15. The number of esters is 1. The molecule has 1 aliphatic rings. The highest BCUT2D eigenvalue weighted by atomic mass is 16.5. The number of carbonyl (C=O) groups excluding carboxylic acids is 2. The van der Waals surface area contributed by atoms with Gasteiger partial charge in [0.15, 0.2) is 0 Å². The van der Waals surface area contributed by atoms with Crippen molar-refractivity contribution in [2.75, 3.05) is 17.3 Å².